The molecular weight excluding hydrogens is 344 g/mol. The van der Waals surface area contributed by atoms with Crippen LogP contribution in [-0.4, -0.2) is 24.9 Å². The normalized spacial score (nSPS) is 11.1. The van der Waals surface area contributed by atoms with Crippen molar-refractivity contribution in [3.05, 3.63) is 66.6 Å². The first-order valence-electron chi connectivity index (χ1n) is 8.00. The van der Waals surface area contributed by atoms with E-state index in [1.807, 2.05) is 41.9 Å². The predicted octanol–water partition coefficient (Wildman–Crippen LogP) is 4.44. The maximum atomic E-state index is 4.73. The van der Waals surface area contributed by atoms with Crippen LogP contribution in [0.15, 0.2) is 66.6 Å². The highest BCUT2D eigenvalue weighted by atomic mass is 32.1. The van der Waals surface area contributed by atoms with E-state index in [2.05, 4.69) is 31.3 Å². The number of hydrogen-bond acceptors (Lipinski definition) is 7. The molecule has 5 aromatic rings. The Morgan fingerprint density at radius 2 is 1.81 bits per heavy atom. The number of hydrogen-bond donors (Lipinski definition) is 1. The maximum Gasteiger partial charge on any atom is 0.165 e. The first-order chi connectivity index (χ1) is 12.9. The van der Waals surface area contributed by atoms with E-state index < -0.39 is 0 Å². The Bertz CT molecular complexity index is 1220. The number of nitrogens with one attached hydrogen (secondary N) is 1. The summed E-state index contributed by atoms with van der Waals surface area (Å²) in [5.41, 5.74) is 5.34. The number of anilines is 2. The molecule has 26 heavy (non-hydrogen) atoms. The second-order valence-electron chi connectivity index (χ2n) is 5.67. The standard InChI is InChI=1S/C19H12N6S/c1-2-14-18(21-7-1)24-17(12-5-8-20-9-6-12)25-19(14)23-13-3-4-15-16(10-13)26-11-22-15/h1-11H,(H,21,23,24,25). The molecule has 0 fully saturated rings. The fourth-order valence-corrected chi connectivity index (χ4v) is 3.47. The minimum absolute atomic E-state index is 0.611. The van der Waals surface area contributed by atoms with Crippen molar-refractivity contribution in [2.24, 2.45) is 0 Å². The van der Waals surface area contributed by atoms with Crippen LogP contribution >= 0.6 is 11.3 Å². The number of fused-ring (bicyclic) bond motifs is 2. The van der Waals surface area contributed by atoms with Crippen LogP contribution in [0, 0.1) is 0 Å². The van der Waals surface area contributed by atoms with Gasteiger partial charge in [0.25, 0.3) is 0 Å². The zero-order valence-corrected chi connectivity index (χ0v) is 14.3. The van der Waals surface area contributed by atoms with Crippen molar-refractivity contribution in [2.45, 2.75) is 0 Å². The van der Waals surface area contributed by atoms with Gasteiger partial charge >= 0.3 is 0 Å². The molecule has 0 aliphatic carbocycles. The number of aromatic nitrogens is 5. The molecule has 1 N–H and O–H groups in total. The number of benzene rings is 1. The quantitative estimate of drug-likeness (QED) is 0.515. The molecule has 5 rings (SSSR count). The summed E-state index contributed by atoms with van der Waals surface area (Å²) in [5.74, 6) is 1.33. The lowest BCUT2D eigenvalue weighted by atomic mass is 10.2. The van der Waals surface area contributed by atoms with Gasteiger partial charge in [-0.3, -0.25) is 4.98 Å². The molecule has 0 aliphatic heterocycles. The Balaban J connectivity index is 1.65. The summed E-state index contributed by atoms with van der Waals surface area (Å²) < 4.78 is 1.13. The highest BCUT2D eigenvalue weighted by molar-refractivity contribution is 7.16. The van der Waals surface area contributed by atoms with Crippen molar-refractivity contribution >= 4 is 44.1 Å². The molecule has 0 aliphatic rings. The van der Waals surface area contributed by atoms with Crippen LogP contribution in [0.2, 0.25) is 0 Å². The highest BCUT2D eigenvalue weighted by Crippen LogP contribution is 2.28. The fraction of sp³-hybridized carbons (Fsp3) is 0. The van der Waals surface area contributed by atoms with Gasteiger partial charge in [-0.05, 0) is 42.5 Å². The molecule has 4 heterocycles. The van der Waals surface area contributed by atoms with Gasteiger partial charge < -0.3 is 5.32 Å². The first kappa shape index (κ1) is 14.9. The van der Waals surface area contributed by atoms with E-state index in [0.29, 0.717) is 11.5 Å². The van der Waals surface area contributed by atoms with Crippen molar-refractivity contribution < 1.29 is 0 Å². The average Bonchev–Trinajstić information content (AvgIpc) is 3.16. The second kappa shape index (κ2) is 6.12. The molecule has 1 aromatic carbocycles. The first-order valence-corrected chi connectivity index (χ1v) is 8.88. The molecule has 0 bridgehead atoms. The lowest BCUT2D eigenvalue weighted by Gasteiger charge is -2.10. The van der Waals surface area contributed by atoms with Crippen LogP contribution < -0.4 is 5.32 Å². The van der Waals surface area contributed by atoms with Gasteiger partial charge in [-0.2, -0.15) is 0 Å². The van der Waals surface area contributed by atoms with E-state index >= 15 is 0 Å². The molecule has 0 radical (unpaired) electrons. The lowest BCUT2D eigenvalue weighted by molar-refractivity contribution is 1.18. The van der Waals surface area contributed by atoms with E-state index in [-0.39, 0.29) is 0 Å². The summed E-state index contributed by atoms with van der Waals surface area (Å²) in [6, 6.07) is 13.7. The van der Waals surface area contributed by atoms with Crippen molar-refractivity contribution in [2.75, 3.05) is 5.32 Å². The molecule has 0 atom stereocenters. The Morgan fingerprint density at radius 1 is 0.885 bits per heavy atom. The minimum Gasteiger partial charge on any atom is -0.340 e. The smallest absolute Gasteiger partial charge is 0.165 e. The van der Waals surface area contributed by atoms with Crippen LogP contribution in [0.4, 0.5) is 11.5 Å². The van der Waals surface area contributed by atoms with Gasteiger partial charge in [-0.1, -0.05) is 0 Å². The SMILES string of the molecule is c1cnc2nc(-c3ccncc3)nc(Nc3ccc4ncsc4c3)c2c1. The van der Waals surface area contributed by atoms with Crippen molar-refractivity contribution in [1.29, 1.82) is 0 Å². The van der Waals surface area contributed by atoms with E-state index in [1.165, 1.54) is 0 Å². The van der Waals surface area contributed by atoms with Crippen molar-refractivity contribution in [3.63, 3.8) is 0 Å². The Kier molecular flexibility index (Phi) is 3.50. The number of rotatable bonds is 3. The van der Waals surface area contributed by atoms with Gasteiger partial charge in [0.1, 0.15) is 5.82 Å². The van der Waals surface area contributed by atoms with Crippen LogP contribution in [0.25, 0.3) is 32.6 Å². The van der Waals surface area contributed by atoms with Crippen LogP contribution in [0.5, 0.6) is 0 Å². The molecule has 4 aromatic heterocycles. The number of nitrogens with zero attached hydrogens (tertiary/aromatic N) is 5. The maximum absolute atomic E-state index is 4.73. The van der Waals surface area contributed by atoms with Crippen molar-refractivity contribution in [3.8, 4) is 11.4 Å². The Labute approximate surface area is 152 Å². The number of pyridine rings is 2. The van der Waals surface area contributed by atoms with E-state index in [4.69, 9.17) is 4.98 Å². The Hall–Kier alpha value is -3.45. The molecule has 0 saturated heterocycles. The average molecular weight is 356 g/mol. The summed E-state index contributed by atoms with van der Waals surface area (Å²) in [4.78, 5) is 22.1. The molecule has 0 amide bonds. The molecular formula is C19H12N6S. The summed E-state index contributed by atoms with van der Waals surface area (Å²) in [6.07, 6.45) is 5.19. The molecule has 0 saturated carbocycles. The monoisotopic (exact) mass is 356 g/mol. The topological polar surface area (TPSA) is 76.5 Å². The largest absolute Gasteiger partial charge is 0.340 e. The van der Waals surface area contributed by atoms with Gasteiger partial charge in [-0.15, -0.1) is 11.3 Å². The zero-order valence-electron chi connectivity index (χ0n) is 13.5. The lowest BCUT2D eigenvalue weighted by Crippen LogP contribution is -2.00. The van der Waals surface area contributed by atoms with Gasteiger partial charge in [-0.25, -0.2) is 19.9 Å². The summed E-state index contributed by atoms with van der Waals surface area (Å²) in [6.45, 7) is 0. The van der Waals surface area contributed by atoms with Gasteiger partial charge in [0.2, 0.25) is 0 Å². The summed E-state index contributed by atoms with van der Waals surface area (Å²) in [5, 5.41) is 4.28. The van der Waals surface area contributed by atoms with Gasteiger partial charge in [0, 0.05) is 29.8 Å². The van der Waals surface area contributed by atoms with Crippen LogP contribution in [-0.2, 0) is 0 Å². The highest BCUT2D eigenvalue weighted by Gasteiger charge is 2.11. The zero-order chi connectivity index (χ0) is 17.3. The van der Waals surface area contributed by atoms with Gasteiger partial charge in [0.15, 0.2) is 11.5 Å². The van der Waals surface area contributed by atoms with Crippen LogP contribution in [0.1, 0.15) is 0 Å². The summed E-state index contributed by atoms with van der Waals surface area (Å²) in [7, 11) is 0. The van der Waals surface area contributed by atoms with Crippen LogP contribution in [0.3, 0.4) is 0 Å². The number of thiazole rings is 1. The van der Waals surface area contributed by atoms with E-state index in [1.54, 1.807) is 29.9 Å². The van der Waals surface area contributed by atoms with Crippen molar-refractivity contribution in [1.82, 2.24) is 24.9 Å². The Morgan fingerprint density at radius 3 is 2.73 bits per heavy atom. The molecule has 0 spiro atoms. The van der Waals surface area contributed by atoms with Gasteiger partial charge in [0.05, 0.1) is 21.1 Å². The van der Waals surface area contributed by atoms with E-state index in [9.17, 15) is 0 Å². The summed E-state index contributed by atoms with van der Waals surface area (Å²) >= 11 is 1.61. The third-order valence-corrected chi connectivity index (χ3v) is 4.80. The minimum atomic E-state index is 0.611. The fourth-order valence-electron chi connectivity index (χ4n) is 2.76. The third-order valence-electron chi connectivity index (χ3n) is 4.00. The van der Waals surface area contributed by atoms with E-state index in [0.717, 1.165) is 32.7 Å². The molecule has 7 heteroatoms. The molecule has 6 nitrogen and oxygen atoms in total. The molecule has 0 unspecified atom stereocenters. The third kappa shape index (κ3) is 2.64. The molecule has 124 valence electrons. The predicted molar refractivity (Wildman–Crippen MR) is 103 cm³/mol. The second-order valence-corrected chi connectivity index (χ2v) is 6.55.